The Hall–Kier alpha value is -3.13. The molecule has 31 heavy (non-hydrogen) atoms. The van der Waals surface area contributed by atoms with Crippen LogP contribution in [0.25, 0.3) is 0 Å². The summed E-state index contributed by atoms with van der Waals surface area (Å²) < 4.78 is 24.2. The Morgan fingerprint density at radius 2 is 1.87 bits per heavy atom. The van der Waals surface area contributed by atoms with Gasteiger partial charge in [0, 0.05) is 45.6 Å². The summed E-state index contributed by atoms with van der Waals surface area (Å²) in [6, 6.07) is 12.4. The summed E-state index contributed by atoms with van der Waals surface area (Å²) in [4.78, 5) is 22.4. The highest BCUT2D eigenvalue weighted by molar-refractivity contribution is 5.94. The number of hydrogen-bond donors (Lipinski definition) is 0. The highest BCUT2D eigenvalue weighted by atomic mass is 19.1. The molecule has 0 aliphatic carbocycles. The van der Waals surface area contributed by atoms with Gasteiger partial charge in [0.15, 0.2) is 11.5 Å². The van der Waals surface area contributed by atoms with Gasteiger partial charge in [-0.2, -0.15) is 0 Å². The highest BCUT2D eigenvalue weighted by Crippen LogP contribution is 2.32. The largest absolute Gasteiger partial charge is 0.454 e. The first-order valence-electron chi connectivity index (χ1n) is 10.5. The summed E-state index contributed by atoms with van der Waals surface area (Å²) in [5.41, 5.74) is 2.76. The molecule has 0 aromatic heterocycles. The summed E-state index contributed by atoms with van der Waals surface area (Å²) in [6.45, 7) is 3.98. The molecule has 1 atom stereocenters. The lowest BCUT2D eigenvalue weighted by molar-refractivity contribution is -0.143. The maximum absolute atomic E-state index is 13.4. The number of carbonyl (C=O) groups excluding carboxylic acids is 1. The number of nitrogens with zero attached hydrogens (tertiary/aromatic N) is 3. The van der Waals surface area contributed by atoms with E-state index < -0.39 is 6.10 Å². The van der Waals surface area contributed by atoms with Gasteiger partial charge >= 0.3 is 0 Å². The second-order valence-corrected chi connectivity index (χ2v) is 8.05. The standard InChI is InChI=1S/C23H24FN3O4/c24-18-3-1-2-16(10-18)11-19-13-22(31-25-19)23(28)27-8-6-26(7-9-27)14-17-4-5-20-21(12-17)30-15-29-20/h1-5,10,12,22H,6-9,11,13-15H2/t22-/m1/s1. The minimum absolute atomic E-state index is 0.0271. The topological polar surface area (TPSA) is 63.6 Å². The first kappa shape index (κ1) is 19.8. The van der Waals surface area contributed by atoms with Crippen LogP contribution < -0.4 is 9.47 Å². The molecule has 3 aliphatic heterocycles. The van der Waals surface area contributed by atoms with Gasteiger partial charge in [0.25, 0.3) is 5.91 Å². The van der Waals surface area contributed by atoms with Crippen LogP contribution >= 0.6 is 0 Å². The molecule has 0 unspecified atom stereocenters. The predicted octanol–water partition coefficient (Wildman–Crippen LogP) is 2.59. The van der Waals surface area contributed by atoms with E-state index in [2.05, 4.69) is 16.1 Å². The maximum atomic E-state index is 13.4. The summed E-state index contributed by atoms with van der Waals surface area (Å²) in [7, 11) is 0. The number of oxime groups is 1. The van der Waals surface area contributed by atoms with Crippen molar-refractivity contribution < 1.29 is 23.5 Å². The zero-order valence-corrected chi connectivity index (χ0v) is 17.1. The van der Waals surface area contributed by atoms with Gasteiger partial charge < -0.3 is 19.2 Å². The molecule has 162 valence electrons. The molecule has 1 saturated heterocycles. The van der Waals surface area contributed by atoms with E-state index in [1.165, 1.54) is 17.7 Å². The van der Waals surface area contributed by atoms with Crippen LogP contribution in [0.5, 0.6) is 11.5 Å². The second kappa shape index (κ2) is 8.55. The number of benzene rings is 2. The monoisotopic (exact) mass is 425 g/mol. The molecular formula is C23H24FN3O4. The summed E-state index contributed by atoms with van der Waals surface area (Å²) >= 11 is 0. The number of ether oxygens (including phenoxy) is 2. The molecular weight excluding hydrogens is 401 g/mol. The Balaban J connectivity index is 1.10. The molecule has 2 aromatic rings. The predicted molar refractivity (Wildman–Crippen MR) is 111 cm³/mol. The van der Waals surface area contributed by atoms with E-state index in [0.717, 1.165) is 42.4 Å². The zero-order chi connectivity index (χ0) is 21.2. The van der Waals surface area contributed by atoms with Crippen molar-refractivity contribution in [2.45, 2.75) is 25.5 Å². The third-order valence-corrected chi connectivity index (χ3v) is 5.83. The van der Waals surface area contributed by atoms with Gasteiger partial charge in [-0.3, -0.25) is 9.69 Å². The van der Waals surface area contributed by atoms with E-state index in [4.69, 9.17) is 14.3 Å². The average molecular weight is 425 g/mol. The number of rotatable bonds is 5. The fourth-order valence-electron chi connectivity index (χ4n) is 4.17. The van der Waals surface area contributed by atoms with Crippen LogP contribution in [-0.2, 0) is 22.6 Å². The Morgan fingerprint density at radius 1 is 1.03 bits per heavy atom. The molecule has 5 rings (SSSR count). The molecule has 7 nitrogen and oxygen atoms in total. The van der Waals surface area contributed by atoms with Gasteiger partial charge in [0.1, 0.15) is 5.82 Å². The number of piperazine rings is 1. The van der Waals surface area contributed by atoms with Gasteiger partial charge in [-0.25, -0.2) is 4.39 Å². The van der Waals surface area contributed by atoms with Crippen LogP contribution in [0.3, 0.4) is 0 Å². The SMILES string of the molecule is O=C([C@H]1CC(Cc2cccc(F)c2)=NO1)N1CCN(Cc2ccc3c(c2)OCO3)CC1. The molecule has 0 saturated carbocycles. The van der Waals surface area contributed by atoms with Crippen molar-refractivity contribution in [3.63, 3.8) is 0 Å². The number of amides is 1. The quantitative estimate of drug-likeness (QED) is 0.737. The van der Waals surface area contributed by atoms with Crippen molar-refractivity contribution >= 4 is 11.6 Å². The maximum Gasteiger partial charge on any atom is 0.266 e. The molecule has 1 fully saturated rings. The summed E-state index contributed by atoms with van der Waals surface area (Å²) in [5, 5.41) is 4.07. The summed E-state index contributed by atoms with van der Waals surface area (Å²) in [5.74, 6) is 1.28. The fraction of sp³-hybridized carbons (Fsp3) is 0.391. The van der Waals surface area contributed by atoms with Crippen molar-refractivity contribution in [2.75, 3.05) is 33.0 Å². The minimum atomic E-state index is -0.580. The Bertz CT molecular complexity index is 1000. The molecule has 3 aliphatic rings. The van der Waals surface area contributed by atoms with Crippen LogP contribution in [0.2, 0.25) is 0 Å². The molecule has 0 radical (unpaired) electrons. The Morgan fingerprint density at radius 3 is 2.71 bits per heavy atom. The first-order valence-corrected chi connectivity index (χ1v) is 10.5. The smallest absolute Gasteiger partial charge is 0.266 e. The van der Waals surface area contributed by atoms with Gasteiger partial charge in [-0.15, -0.1) is 0 Å². The van der Waals surface area contributed by atoms with Crippen LogP contribution in [0.4, 0.5) is 4.39 Å². The van der Waals surface area contributed by atoms with Crippen molar-refractivity contribution in [3.8, 4) is 11.5 Å². The molecule has 0 N–H and O–H groups in total. The zero-order valence-electron chi connectivity index (χ0n) is 17.1. The van der Waals surface area contributed by atoms with E-state index in [0.29, 0.717) is 25.9 Å². The fourth-order valence-corrected chi connectivity index (χ4v) is 4.17. The second-order valence-electron chi connectivity index (χ2n) is 8.05. The van der Waals surface area contributed by atoms with Crippen molar-refractivity contribution in [1.82, 2.24) is 9.80 Å². The Kier molecular flexibility index (Phi) is 5.46. The van der Waals surface area contributed by atoms with E-state index >= 15 is 0 Å². The molecule has 3 heterocycles. The van der Waals surface area contributed by atoms with Crippen molar-refractivity contribution in [1.29, 1.82) is 0 Å². The lowest BCUT2D eigenvalue weighted by Gasteiger charge is -2.35. The van der Waals surface area contributed by atoms with Crippen LogP contribution in [0.15, 0.2) is 47.6 Å². The van der Waals surface area contributed by atoms with Crippen molar-refractivity contribution in [2.24, 2.45) is 5.16 Å². The third-order valence-electron chi connectivity index (χ3n) is 5.83. The molecule has 0 spiro atoms. The van der Waals surface area contributed by atoms with E-state index in [1.807, 2.05) is 23.1 Å². The third kappa shape index (κ3) is 4.49. The van der Waals surface area contributed by atoms with Crippen LogP contribution in [0.1, 0.15) is 17.5 Å². The molecule has 1 amide bonds. The molecule has 2 aromatic carbocycles. The molecule has 0 bridgehead atoms. The van der Waals surface area contributed by atoms with E-state index in [9.17, 15) is 9.18 Å². The summed E-state index contributed by atoms with van der Waals surface area (Å²) in [6.07, 6.45) is 0.362. The number of carbonyl (C=O) groups is 1. The Labute approximate surface area is 180 Å². The van der Waals surface area contributed by atoms with E-state index in [-0.39, 0.29) is 18.5 Å². The molecule has 8 heteroatoms. The van der Waals surface area contributed by atoms with Gasteiger partial charge in [-0.1, -0.05) is 23.4 Å². The average Bonchev–Trinajstić information content (AvgIpc) is 3.43. The van der Waals surface area contributed by atoms with Crippen LogP contribution in [0, 0.1) is 5.82 Å². The van der Waals surface area contributed by atoms with Gasteiger partial charge in [-0.05, 0) is 35.4 Å². The number of halogens is 1. The van der Waals surface area contributed by atoms with E-state index in [1.54, 1.807) is 6.07 Å². The highest BCUT2D eigenvalue weighted by Gasteiger charge is 2.33. The van der Waals surface area contributed by atoms with Gasteiger partial charge in [0.05, 0.1) is 5.71 Å². The van der Waals surface area contributed by atoms with Crippen molar-refractivity contribution in [3.05, 3.63) is 59.4 Å². The number of hydrogen-bond acceptors (Lipinski definition) is 6. The lowest BCUT2D eigenvalue weighted by atomic mass is 10.0. The number of fused-ring (bicyclic) bond motifs is 1. The minimum Gasteiger partial charge on any atom is -0.454 e. The van der Waals surface area contributed by atoms with Gasteiger partial charge in [0.2, 0.25) is 12.9 Å². The first-order chi connectivity index (χ1) is 15.1. The van der Waals surface area contributed by atoms with Crippen LogP contribution in [-0.4, -0.2) is 60.5 Å². The lowest BCUT2D eigenvalue weighted by Crippen LogP contribution is -2.51. The normalized spacial score (nSPS) is 20.5.